The van der Waals surface area contributed by atoms with Crippen molar-refractivity contribution in [3.8, 4) is 0 Å². The fourth-order valence-electron chi connectivity index (χ4n) is 2.80. The van der Waals surface area contributed by atoms with Crippen molar-refractivity contribution in [2.75, 3.05) is 26.2 Å². The summed E-state index contributed by atoms with van der Waals surface area (Å²) in [6.07, 6.45) is -0.458. The Morgan fingerprint density at radius 3 is 2.05 bits per heavy atom. The number of piperazine rings is 1. The van der Waals surface area contributed by atoms with Crippen LogP contribution in [0.3, 0.4) is 0 Å². The summed E-state index contributed by atoms with van der Waals surface area (Å²) in [6, 6.07) is 0. The van der Waals surface area contributed by atoms with Gasteiger partial charge in [0.15, 0.2) is 6.10 Å². The second-order valence-electron chi connectivity index (χ2n) is 6.51. The largest absolute Gasteiger partial charge is 0.479 e. The summed E-state index contributed by atoms with van der Waals surface area (Å²) in [4.78, 5) is 27.3. The van der Waals surface area contributed by atoms with E-state index in [9.17, 15) is 9.59 Å². The summed E-state index contributed by atoms with van der Waals surface area (Å²) in [6.45, 7) is 9.59. The van der Waals surface area contributed by atoms with Crippen LogP contribution in [-0.4, -0.2) is 70.7 Å². The van der Waals surface area contributed by atoms with Gasteiger partial charge < -0.3 is 14.7 Å². The molecule has 0 spiro atoms. The third-order valence-electron chi connectivity index (χ3n) is 4.11. The lowest BCUT2D eigenvalue weighted by atomic mass is 10.0. The minimum atomic E-state index is -0.974. The van der Waals surface area contributed by atoms with E-state index in [4.69, 9.17) is 9.84 Å². The Labute approximate surface area is 119 Å². The normalized spacial score (nSPS) is 28.6. The van der Waals surface area contributed by atoms with Crippen molar-refractivity contribution in [1.82, 2.24) is 9.80 Å². The van der Waals surface area contributed by atoms with E-state index in [0.717, 1.165) is 13.1 Å². The van der Waals surface area contributed by atoms with Gasteiger partial charge >= 0.3 is 5.97 Å². The Kier molecular flexibility index (Phi) is 4.34. The first-order valence-corrected chi connectivity index (χ1v) is 7.21. The van der Waals surface area contributed by atoms with E-state index in [2.05, 4.69) is 25.7 Å². The van der Waals surface area contributed by atoms with Crippen LogP contribution in [0, 0.1) is 0 Å². The van der Waals surface area contributed by atoms with E-state index in [0.29, 0.717) is 25.9 Å². The molecule has 1 amide bonds. The first-order valence-electron chi connectivity index (χ1n) is 7.21. The number of hydrogen-bond donors (Lipinski definition) is 1. The molecule has 0 unspecified atom stereocenters. The molecule has 2 saturated heterocycles. The lowest BCUT2D eigenvalue weighted by Gasteiger charge is -2.42. The zero-order valence-electron chi connectivity index (χ0n) is 12.5. The minimum Gasteiger partial charge on any atom is -0.479 e. The highest BCUT2D eigenvalue weighted by atomic mass is 16.5. The third kappa shape index (κ3) is 3.30. The molecule has 0 radical (unpaired) electrons. The van der Waals surface area contributed by atoms with Gasteiger partial charge in [0, 0.05) is 31.7 Å². The van der Waals surface area contributed by atoms with Crippen LogP contribution in [0.15, 0.2) is 0 Å². The van der Waals surface area contributed by atoms with E-state index < -0.39 is 18.2 Å². The molecule has 2 aliphatic heterocycles. The van der Waals surface area contributed by atoms with Gasteiger partial charge in [-0.3, -0.25) is 9.69 Å². The maximum absolute atomic E-state index is 12.3. The van der Waals surface area contributed by atoms with Gasteiger partial charge in [0.05, 0.1) is 0 Å². The van der Waals surface area contributed by atoms with Gasteiger partial charge in [-0.2, -0.15) is 0 Å². The molecule has 1 N–H and O–H groups in total. The van der Waals surface area contributed by atoms with Crippen LogP contribution < -0.4 is 0 Å². The monoisotopic (exact) mass is 284 g/mol. The van der Waals surface area contributed by atoms with E-state index in [-0.39, 0.29) is 11.4 Å². The standard InChI is InChI=1S/C14H24N2O4/c1-14(2,3)16-8-6-15(7-9-16)12(17)10-4-5-11(20-10)13(18)19/h10-11H,4-9H2,1-3H3,(H,18,19)/t10-,11+/m0/s1. The Bertz CT molecular complexity index is 383. The first kappa shape index (κ1) is 15.3. The summed E-state index contributed by atoms with van der Waals surface area (Å²) in [7, 11) is 0. The molecule has 0 aromatic heterocycles. The van der Waals surface area contributed by atoms with Gasteiger partial charge in [-0.25, -0.2) is 4.79 Å². The number of hydrogen-bond acceptors (Lipinski definition) is 4. The highest BCUT2D eigenvalue weighted by molar-refractivity contribution is 5.82. The van der Waals surface area contributed by atoms with Crippen molar-refractivity contribution < 1.29 is 19.4 Å². The molecule has 2 heterocycles. The Morgan fingerprint density at radius 2 is 1.60 bits per heavy atom. The van der Waals surface area contributed by atoms with Gasteiger partial charge in [-0.1, -0.05) is 0 Å². The summed E-state index contributed by atoms with van der Waals surface area (Å²) in [5.41, 5.74) is 0.118. The second kappa shape index (κ2) is 5.69. The van der Waals surface area contributed by atoms with Crippen LogP contribution in [0.2, 0.25) is 0 Å². The van der Waals surface area contributed by atoms with Crippen molar-refractivity contribution in [2.45, 2.75) is 51.4 Å². The number of carboxylic acid groups (broad SMARTS) is 1. The topological polar surface area (TPSA) is 70.1 Å². The molecule has 2 rings (SSSR count). The number of ether oxygens (including phenoxy) is 1. The highest BCUT2D eigenvalue weighted by Crippen LogP contribution is 2.23. The predicted octanol–water partition coefficient (Wildman–Crippen LogP) is 0.561. The highest BCUT2D eigenvalue weighted by Gasteiger charge is 2.38. The maximum Gasteiger partial charge on any atom is 0.332 e. The smallest absolute Gasteiger partial charge is 0.332 e. The maximum atomic E-state index is 12.3. The lowest BCUT2D eigenvalue weighted by molar-refractivity contribution is -0.155. The molecular formula is C14H24N2O4. The molecule has 6 heteroatoms. The van der Waals surface area contributed by atoms with Crippen molar-refractivity contribution in [3.05, 3.63) is 0 Å². The van der Waals surface area contributed by atoms with Crippen LogP contribution >= 0.6 is 0 Å². The molecule has 0 aromatic rings. The molecule has 0 aromatic carbocycles. The molecule has 6 nitrogen and oxygen atoms in total. The summed E-state index contributed by atoms with van der Waals surface area (Å²) >= 11 is 0. The number of nitrogens with zero attached hydrogens (tertiary/aromatic N) is 2. The number of amides is 1. The van der Waals surface area contributed by atoms with Crippen molar-refractivity contribution >= 4 is 11.9 Å². The first-order chi connectivity index (χ1) is 9.29. The number of carboxylic acids is 1. The summed E-state index contributed by atoms with van der Waals surface area (Å²) in [5, 5.41) is 8.89. The fraction of sp³-hybridized carbons (Fsp3) is 0.857. The van der Waals surface area contributed by atoms with E-state index in [1.807, 2.05) is 0 Å². The number of aliphatic carboxylic acids is 1. The van der Waals surface area contributed by atoms with E-state index in [1.165, 1.54) is 0 Å². The van der Waals surface area contributed by atoms with Crippen molar-refractivity contribution in [3.63, 3.8) is 0 Å². The average molecular weight is 284 g/mol. The quantitative estimate of drug-likeness (QED) is 0.802. The molecule has 0 saturated carbocycles. The molecule has 0 bridgehead atoms. The zero-order chi connectivity index (χ0) is 14.9. The molecule has 2 atom stereocenters. The third-order valence-corrected chi connectivity index (χ3v) is 4.11. The molecule has 20 heavy (non-hydrogen) atoms. The molecule has 0 aliphatic carbocycles. The molecule has 2 fully saturated rings. The van der Waals surface area contributed by atoms with Crippen molar-refractivity contribution in [2.24, 2.45) is 0 Å². The fourth-order valence-corrected chi connectivity index (χ4v) is 2.80. The summed E-state index contributed by atoms with van der Waals surface area (Å²) < 4.78 is 5.33. The summed E-state index contributed by atoms with van der Waals surface area (Å²) in [5.74, 6) is -1.03. The zero-order valence-corrected chi connectivity index (χ0v) is 12.5. The predicted molar refractivity (Wildman–Crippen MR) is 73.4 cm³/mol. The second-order valence-corrected chi connectivity index (χ2v) is 6.51. The lowest BCUT2D eigenvalue weighted by Crippen LogP contribution is -2.56. The van der Waals surface area contributed by atoms with Crippen LogP contribution in [0.4, 0.5) is 0 Å². The number of carbonyl (C=O) groups excluding carboxylic acids is 1. The number of carbonyl (C=O) groups is 2. The minimum absolute atomic E-state index is 0.0534. The van der Waals surface area contributed by atoms with Crippen LogP contribution in [-0.2, 0) is 14.3 Å². The molecule has 2 aliphatic rings. The van der Waals surface area contributed by atoms with E-state index >= 15 is 0 Å². The number of rotatable bonds is 2. The van der Waals surface area contributed by atoms with Gasteiger partial charge in [0.2, 0.25) is 0 Å². The molecule has 114 valence electrons. The van der Waals surface area contributed by atoms with Gasteiger partial charge in [0.1, 0.15) is 6.10 Å². The average Bonchev–Trinajstić information content (AvgIpc) is 2.86. The molecular weight excluding hydrogens is 260 g/mol. The van der Waals surface area contributed by atoms with Crippen LogP contribution in [0.1, 0.15) is 33.6 Å². The van der Waals surface area contributed by atoms with E-state index in [1.54, 1.807) is 4.90 Å². The van der Waals surface area contributed by atoms with Gasteiger partial charge in [-0.05, 0) is 33.6 Å². The van der Waals surface area contributed by atoms with Crippen LogP contribution in [0.25, 0.3) is 0 Å². The van der Waals surface area contributed by atoms with Crippen molar-refractivity contribution in [1.29, 1.82) is 0 Å². The Morgan fingerprint density at radius 1 is 1.05 bits per heavy atom. The SMILES string of the molecule is CC(C)(C)N1CCN(C(=O)[C@@H]2CC[C@H](C(=O)O)O2)CC1. The Hall–Kier alpha value is -1.14. The van der Waals surface area contributed by atoms with Crippen LogP contribution in [0.5, 0.6) is 0 Å². The Balaban J connectivity index is 1.85. The van der Waals surface area contributed by atoms with Gasteiger partial charge in [0.25, 0.3) is 5.91 Å². The van der Waals surface area contributed by atoms with Gasteiger partial charge in [-0.15, -0.1) is 0 Å².